The van der Waals surface area contributed by atoms with Crippen LogP contribution >= 0.6 is 0 Å². The van der Waals surface area contributed by atoms with Gasteiger partial charge in [-0.3, -0.25) is 0 Å². The Labute approximate surface area is 89.3 Å². The van der Waals surface area contributed by atoms with Gasteiger partial charge in [0.25, 0.3) is 0 Å². The molecule has 1 atom stereocenters. The van der Waals surface area contributed by atoms with E-state index in [9.17, 15) is 4.39 Å². The van der Waals surface area contributed by atoms with Gasteiger partial charge in [-0.05, 0) is 31.0 Å². The van der Waals surface area contributed by atoms with Crippen LogP contribution in [0.3, 0.4) is 0 Å². The molecule has 0 amide bonds. The molecule has 0 aliphatic carbocycles. The minimum Gasteiger partial charge on any atom is -0.487 e. The largest absolute Gasteiger partial charge is 0.487 e. The van der Waals surface area contributed by atoms with Crippen LogP contribution in [0.25, 0.3) is 0 Å². The van der Waals surface area contributed by atoms with Crippen molar-refractivity contribution in [3.05, 3.63) is 29.6 Å². The second-order valence-electron chi connectivity index (χ2n) is 3.82. The maximum atomic E-state index is 13.4. The molecule has 0 bridgehead atoms. The van der Waals surface area contributed by atoms with Gasteiger partial charge in [0.15, 0.2) is 11.6 Å². The summed E-state index contributed by atoms with van der Waals surface area (Å²) in [5.74, 6) is 0.0387. The summed E-state index contributed by atoms with van der Waals surface area (Å²) in [5.41, 5.74) is 0.303. The van der Waals surface area contributed by atoms with Gasteiger partial charge in [0, 0.05) is 0 Å². The maximum Gasteiger partial charge on any atom is 0.166 e. The Bertz CT molecular complexity index is 382. The molecule has 0 fully saturated rings. The highest BCUT2D eigenvalue weighted by molar-refractivity contribution is 5.36. The van der Waals surface area contributed by atoms with E-state index < -0.39 is 5.82 Å². The van der Waals surface area contributed by atoms with Gasteiger partial charge in [0.1, 0.15) is 0 Å². The van der Waals surface area contributed by atoms with Crippen LogP contribution in [0.1, 0.15) is 26.3 Å². The Hall–Kier alpha value is -1.56. The van der Waals surface area contributed by atoms with Gasteiger partial charge >= 0.3 is 0 Å². The lowest BCUT2D eigenvalue weighted by molar-refractivity contribution is 0.163. The quantitative estimate of drug-likeness (QED) is 0.762. The number of hydrogen-bond acceptors (Lipinski definition) is 2. The second-order valence-corrected chi connectivity index (χ2v) is 3.82. The van der Waals surface area contributed by atoms with E-state index in [4.69, 9.17) is 10.00 Å². The van der Waals surface area contributed by atoms with Gasteiger partial charge in [0.2, 0.25) is 0 Å². The Balaban J connectivity index is 2.84. The van der Waals surface area contributed by atoms with E-state index in [1.165, 1.54) is 12.1 Å². The molecule has 0 spiro atoms. The van der Waals surface area contributed by atoms with Crippen molar-refractivity contribution < 1.29 is 9.13 Å². The van der Waals surface area contributed by atoms with Crippen molar-refractivity contribution >= 4 is 0 Å². The van der Waals surface area contributed by atoms with Crippen molar-refractivity contribution in [3.63, 3.8) is 0 Å². The standard InChI is InChI=1S/C12H14FNO/c1-8(2)9(3)15-12-5-4-10(7-14)6-11(12)13/h4-6,8-9H,1-3H3. The van der Waals surface area contributed by atoms with E-state index in [1.54, 1.807) is 6.07 Å². The smallest absolute Gasteiger partial charge is 0.166 e. The highest BCUT2D eigenvalue weighted by Crippen LogP contribution is 2.21. The van der Waals surface area contributed by atoms with Crippen molar-refractivity contribution in [3.8, 4) is 11.8 Å². The molecule has 2 nitrogen and oxygen atoms in total. The molecule has 1 aromatic rings. The van der Waals surface area contributed by atoms with Gasteiger partial charge in [-0.2, -0.15) is 5.26 Å². The van der Waals surface area contributed by atoms with Gasteiger partial charge in [-0.1, -0.05) is 13.8 Å². The summed E-state index contributed by atoms with van der Waals surface area (Å²) in [4.78, 5) is 0. The first-order chi connectivity index (χ1) is 7.04. The molecular formula is C12H14FNO. The van der Waals surface area contributed by atoms with E-state index in [-0.39, 0.29) is 11.9 Å². The average molecular weight is 207 g/mol. The highest BCUT2D eigenvalue weighted by atomic mass is 19.1. The number of benzene rings is 1. The van der Waals surface area contributed by atoms with Crippen LogP contribution in [0.2, 0.25) is 0 Å². The molecule has 0 saturated heterocycles. The summed E-state index contributed by atoms with van der Waals surface area (Å²) in [6.45, 7) is 5.90. The molecule has 15 heavy (non-hydrogen) atoms. The van der Waals surface area contributed by atoms with Crippen LogP contribution in [0.4, 0.5) is 4.39 Å². The number of halogens is 1. The number of nitrogens with zero attached hydrogens (tertiary/aromatic N) is 1. The molecule has 0 radical (unpaired) electrons. The first kappa shape index (κ1) is 11.5. The van der Waals surface area contributed by atoms with Crippen molar-refractivity contribution in [1.82, 2.24) is 0 Å². The number of nitriles is 1. The fourth-order valence-electron chi connectivity index (χ4n) is 1.00. The van der Waals surface area contributed by atoms with Crippen LogP contribution < -0.4 is 4.74 Å². The Morgan fingerprint density at radius 2 is 2.00 bits per heavy atom. The van der Waals surface area contributed by atoms with E-state index in [0.29, 0.717) is 11.5 Å². The van der Waals surface area contributed by atoms with E-state index >= 15 is 0 Å². The molecule has 0 aliphatic rings. The third kappa shape index (κ3) is 2.95. The van der Waals surface area contributed by atoms with Crippen LogP contribution in [0, 0.1) is 23.1 Å². The third-order valence-corrected chi connectivity index (χ3v) is 2.31. The fourth-order valence-corrected chi connectivity index (χ4v) is 1.00. The Morgan fingerprint density at radius 1 is 1.33 bits per heavy atom. The minimum absolute atomic E-state index is 0.0487. The van der Waals surface area contributed by atoms with Crippen molar-refractivity contribution in [2.45, 2.75) is 26.9 Å². The molecule has 0 aliphatic heterocycles. The van der Waals surface area contributed by atoms with E-state index in [2.05, 4.69) is 0 Å². The summed E-state index contributed by atoms with van der Waals surface area (Å²) < 4.78 is 18.8. The lowest BCUT2D eigenvalue weighted by Gasteiger charge is -2.18. The van der Waals surface area contributed by atoms with E-state index in [0.717, 1.165) is 0 Å². The van der Waals surface area contributed by atoms with Crippen LogP contribution in [0.15, 0.2) is 18.2 Å². The first-order valence-corrected chi connectivity index (χ1v) is 4.91. The third-order valence-electron chi connectivity index (χ3n) is 2.31. The van der Waals surface area contributed by atoms with Crippen LogP contribution in [0.5, 0.6) is 5.75 Å². The molecule has 80 valence electrons. The number of hydrogen-bond donors (Lipinski definition) is 0. The minimum atomic E-state index is -0.485. The molecule has 3 heteroatoms. The zero-order chi connectivity index (χ0) is 11.4. The molecule has 1 aromatic carbocycles. The van der Waals surface area contributed by atoms with Crippen LogP contribution in [-0.2, 0) is 0 Å². The molecule has 0 N–H and O–H groups in total. The summed E-state index contributed by atoms with van der Waals surface area (Å²) in [5, 5.41) is 8.57. The zero-order valence-electron chi connectivity index (χ0n) is 9.12. The van der Waals surface area contributed by atoms with Gasteiger partial charge < -0.3 is 4.74 Å². The lowest BCUT2D eigenvalue weighted by atomic mass is 10.1. The van der Waals surface area contributed by atoms with Crippen molar-refractivity contribution in [1.29, 1.82) is 5.26 Å². The normalized spacial score (nSPS) is 12.3. The predicted molar refractivity (Wildman–Crippen MR) is 56.0 cm³/mol. The molecular weight excluding hydrogens is 193 g/mol. The molecule has 0 heterocycles. The summed E-state index contributed by atoms with van der Waals surface area (Å²) in [6.07, 6.45) is -0.0487. The van der Waals surface area contributed by atoms with Gasteiger partial charge in [-0.15, -0.1) is 0 Å². The Kier molecular flexibility index (Phi) is 3.68. The number of ether oxygens (including phenoxy) is 1. The molecule has 0 aromatic heterocycles. The lowest BCUT2D eigenvalue weighted by Crippen LogP contribution is -2.19. The molecule has 0 saturated carbocycles. The van der Waals surface area contributed by atoms with Crippen molar-refractivity contribution in [2.75, 3.05) is 0 Å². The highest BCUT2D eigenvalue weighted by Gasteiger charge is 2.12. The summed E-state index contributed by atoms with van der Waals surface area (Å²) in [6, 6.07) is 6.10. The SMILES string of the molecule is CC(C)C(C)Oc1ccc(C#N)cc1F. The Morgan fingerprint density at radius 3 is 2.47 bits per heavy atom. The second kappa shape index (κ2) is 4.79. The zero-order valence-corrected chi connectivity index (χ0v) is 9.12. The van der Waals surface area contributed by atoms with Crippen molar-refractivity contribution in [2.24, 2.45) is 5.92 Å². The predicted octanol–water partition coefficient (Wildman–Crippen LogP) is 3.12. The topological polar surface area (TPSA) is 33.0 Å². The summed E-state index contributed by atoms with van der Waals surface area (Å²) in [7, 11) is 0. The van der Waals surface area contributed by atoms with Gasteiger partial charge in [-0.25, -0.2) is 4.39 Å². The molecule has 1 unspecified atom stereocenters. The monoisotopic (exact) mass is 207 g/mol. The number of rotatable bonds is 3. The van der Waals surface area contributed by atoms with Crippen LogP contribution in [-0.4, -0.2) is 6.10 Å². The summed E-state index contributed by atoms with van der Waals surface area (Å²) >= 11 is 0. The fraction of sp³-hybridized carbons (Fsp3) is 0.417. The van der Waals surface area contributed by atoms with Gasteiger partial charge in [0.05, 0.1) is 17.7 Å². The first-order valence-electron chi connectivity index (χ1n) is 4.91. The average Bonchev–Trinajstić information content (AvgIpc) is 2.20. The van der Waals surface area contributed by atoms with E-state index in [1.807, 2.05) is 26.8 Å². The maximum absolute atomic E-state index is 13.4. The molecule has 1 rings (SSSR count).